The van der Waals surface area contributed by atoms with E-state index in [1.165, 1.54) is 5.56 Å². The van der Waals surface area contributed by atoms with E-state index in [1.807, 2.05) is 23.1 Å². The van der Waals surface area contributed by atoms with Gasteiger partial charge in [0, 0.05) is 26.3 Å². The first-order valence-corrected chi connectivity index (χ1v) is 9.16. The zero-order valence-electron chi connectivity index (χ0n) is 15.1. The quantitative estimate of drug-likeness (QED) is 0.900. The van der Waals surface area contributed by atoms with E-state index in [2.05, 4.69) is 18.2 Å². The molecular formula is C21H25N3O2. The molecule has 0 spiro atoms. The Morgan fingerprint density at radius 1 is 1.31 bits per heavy atom. The van der Waals surface area contributed by atoms with Crippen molar-refractivity contribution in [2.75, 3.05) is 13.1 Å². The fourth-order valence-corrected chi connectivity index (χ4v) is 3.68. The maximum atomic E-state index is 12.7. The molecule has 1 saturated heterocycles. The number of aliphatic hydroxyl groups is 1. The van der Waals surface area contributed by atoms with Crippen LogP contribution in [0.1, 0.15) is 40.9 Å². The van der Waals surface area contributed by atoms with E-state index in [-0.39, 0.29) is 17.9 Å². The van der Waals surface area contributed by atoms with Gasteiger partial charge in [0.25, 0.3) is 5.91 Å². The van der Waals surface area contributed by atoms with E-state index in [9.17, 15) is 9.90 Å². The average Bonchev–Trinajstić information content (AvgIpc) is 3.07. The topological polar surface area (TPSA) is 69.3 Å². The summed E-state index contributed by atoms with van der Waals surface area (Å²) in [4.78, 5) is 14.5. The first-order chi connectivity index (χ1) is 12.6. The maximum Gasteiger partial charge on any atom is 0.270 e. The number of benzene rings is 1. The number of hydrogen-bond acceptors (Lipinski definition) is 3. The van der Waals surface area contributed by atoms with Gasteiger partial charge in [-0.3, -0.25) is 4.79 Å². The van der Waals surface area contributed by atoms with Crippen LogP contribution in [-0.4, -0.2) is 39.7 Å². The Labute approximate surface area is 154 Å². The molecule has 2 heterocycles. The smallest absolute Gasteiger partial charge is 0.270 e. The van der Waals surface area contributed by atoms with Crippen LogP contribution < -0.4 is 0 Å². The van der Waals surface area contributed by atoms with E-state index in [1.54, 1.807) is 23.9 Å². The van der Waals surface area contributed by atoms with Crippen molar-refractivity contribution < 1.29 is 9.90 Å². The predicted molar refractivity (Wildman–Crippen MR) is 99.5 cm³/mol. The lowest BCUT2D eigenvalue weighted by Gasteiger charge is -2.34. The molecule has 5 nitrogen and oxygen atoms in total. The van der Waals surface area contributed by atoms with Gasteiger partial charge in [-0.1, -0.05) is 30.3 Å². The molecule has 1 unspecified atom stereocenters. The lowest BCUT2D eigenvalue weighted by molar-refractivity contribution is 0.0431. The van der Waals surface area contributed by atoms with E-state index in [4.69, 9.17) is 5.26 Å². The summed E-state index contributed by atoms with van der Waals surface area (Å²) in [5.41, 5.74) is 2.29. The number of aromatic nitrogens is 1. The van der Waals surface area contributed by atoms with E-state index < -0.39 is 0 Å². The molecule has 26 heavy (non-hydrogen) atoms. The summed E-state index contributed by atoms with van der Waals surface area (Å²) in [6.07, 6.45) is 4.61. The first kappa shape index (κ1) is 18.2. The van der Waals surface area contributed by atoms with Crippen molar-refractivity contribution in [1.29, 1.82) is 5.26 Å². The summed E-state index contributed by atoms with van der Waals surface area (Å²) in [5, 5.41) is 19.5. The second-order valence-electron chi connectivity index (χ2n) is 7.06. The number of amides is 1. The maximum absolute atomic E-state index is 12.7. The molecule has 0 aliphatic carbocycles. The van der Waals surface area contributed by atoms with Crippen molar-refractivity contribution in [3.63, 3.8) is 0 Å². The summed E-state index contributed by atoms with van der Waals surface area (Å²) in [6.45, 7) is 1.30. The van der Waals surface area contributed by atoms with Crippen molar-refractivity contribution in [2.45, 2.75) is 31.8 Å². The molecule has 1 amide bonds. The molecule has 0 radical (unpaired) electrons. The van der Waals surface area contributed by atoms with Crippen molar-refractivity contribution in [1.82, 2.24) is 9.47 Å². The number of piperidine rings is 1. The van der Waals surface area contributed by atoms with Crippen LogP contribution in [-0.2, 0) is 13.5 Å². The fraction of sp³-hybridized carbons (Fsp3) is 0.429. The Hall–Kier alpha value is -2.58. The molecular weight excluding hydrogens is 326 g/mol. The van der Waals surface area contributed by atoms with E-state index >= 15 is 0 Å². The molecule has 136 valence electrons. The third kappa shape index (κ3) is 4.14. The number of carbonyl (C=O) groups is 1. The van der Waals surface area contributed by atoms with Crippen LogP contribution in [0.25, 0.3) is 0 Å². The van der Waals surface area contributed by atoms with Gasteiger partial charge in [0.2, 0.25) is 0 Å². The molecule has 5 heteroatoms. The second-order valence-corrected chi connectivity index (χ2v) is 7.06. The summed E-state index contributed by atoms with van der Waals surface area (Å²) >= 11 is 0. The van der Waals surface area contributed by atoms with Gasteiger partial charge < -0.3 is 14.6 Å². The highest BCUT2D eigenvalue weighted by Gasteiger charge is 2.28. The normalized spacial score (nSPS) is 16.3. The number of aryl methyl sites for hydroxylation is 2. The third-order valence-electron chi connectivity index (χ3n) is 5.30. The molecule has 1 N–H and O–H groups in total. The summed E-state index contributed by atoms with van der Waals surface area (Å²) < 4.78 is 1.71. The van der Waals surface area contributed by atoms with Crippen LogP contribution in [0.4, 0.5) is 0 Å². The summed E-state index contributed by atoms with van der Waals surface area (Å²) in [5.74, 6) is 0.206. The number of carbonyl (C=O) groups excluding carboxylic acids is 1. The molecule has 1 aliphatic rings. The van der Waals surface area contributed by atoms with Crippen molar-refractivity contribution in [3.8, 4) is 6.07 Å². The molecule has 0 bridgehead atoms. The SMILES string of the molecule is Cn1cc(C#N)cc1C(=O)N1CCC(C(O)CCc2ccccc2)CC1. The Balaban J connectivity index is 1.51. The Morgan fingerprint density at radius 2 is 2.00 bits per heavy atom. The van der Waals surface area contributed by atoms with Gasteiger partial charge in [-0.2, -0.15) is 5.26 Å². The zero-order chi connectivity index (χ0) is 18.5. The molecule has 1 fully saturated rings. The highest BCUT2D eigenvalue weighted by atomic mass is 16.3. The third-order valence-corrected chi connectivity index (χ3v) is 5.30. The van der Waals surface area contributed by atoms with Gasteiger partial charge in [0.1, 0.15) is 11.8 Å². The minimum absolute atomic E-state index is 0.0359. The lowest BCUT2D eigenvalue weighted by Crippen LogP contribution is -2.41. The molecule has 3 rings (SSSR count). The zero-order valence-corrected chi connectivity index (χ0v) is 15.1. The van der Waals surface area contributed by atoms with Gasteiger partial charge in [0.05, 0.1) is 11.7 Å². The largest absolute Gasteiger partial charge is 0.393 e. The molecule has 2 aromatic rings. The number of hydrogen-bond donors (Lipinski definition) is 1. The summed E-state index contributed by atoms with van der Waals surface area (Å²) in [6, 6.07) is 13.9. The average molecular weight is 351 g/mol. The van der Waals surface area contributed by atoms with Crippen LogP contribution in [0.3, 0.4) is 0 Å². The molecule has 0 saturated carbocycles. The second kappa shape index (κ2) is 8.20. The lowest BCUT2D eigenvalue weighted by atomic mass is 9.88. The number of rotatable bonds is 5. The Kier molecular flexibility index (Phi) is 5.75. The van der Waals surface area contributed by atoms with Crippen molar-refractivity contribution >= 4 is 5.91 Å². The van der Waals surface area contributed by atoms with Gasteiger partial charge in [-0.05, 0) is 43.2 Å². The number of likely N-dealkylation sites (tertiary alicyclic amines) is 1. The number of nitriles is 1. The minimum Gasteiger partial charge on any atom is -0.393 e. The molecule has 1 aromatic heterocycles. The standard InChI is InChI=1S/C21H25N3O2/c1-23-15-17(14-22)13-19(23)21(26)24-11-9-18(10-12-24)20(25)8-7-16-5-3-2-4-6-16/h2-6,13,15,18,20,25H,7-12H2,1H3. The van der Waals surface area contributed by atoms with Crippen LogP contribution in [0.15, 0.2) is 42.6 Å². The van der Waals surface area contributed by atoms with Crippen molar-refractivity contribution in [3.05, 3.63) is 59.4 Å². The minimum atomic E-state index is -0.326. The number of aliphatic hydroxyl groups excluding tert-OH is 1. The fourth-order valence-electron chi connectivity index (χ4n) is 3.68. The van der Waals surface area contributed by atoms with Crippen LogP contribution in [0.5, 0.6) is 0 Å². The highest BCUT2D eigenvalue weighted by Crippen LogP contribution is 2.25. The van der Waals surface area contributed by atoms with Gasteiger partial charge in [-0.15, -0.1) is 0 Å². The Morgan fingerprint density at radius 3 is 2.62 bits per heavy atom. The van der Waals surface area contributed by atoms with Crippen molar-refractivity contribution in [2.24, 2.45) is 13.0 Å². The van der Waals surface area contributed by atoms with E-state index in [0.717, 1.165) is 25.7 Å². The summed E-state index contributed by atoms with van der Waals surface area (Å²) in [7, 11) is 1.79. The van der Waals surface area contributed by atoms with Gasteiger partial charge in [0.15, 0.2) is 0 Å². The number of nitrogens with zero attached hydrogens (tertiary/aromatic N) is 3. The monoisotopic (exact) mass is 351 g/mol. The van der Waals surface area contributed by atoms with Crippen LogP contribution in [0.2, 0.25) is 0 Å². The molecule has 1 atom stereocenters. The van der Waals surface area contributed by atoms with Crippen LogP contribution in [0, 0.1) is 17.2 Å². The van der Waals surface area contributed by atoms with Crippen LogP contribution >= 0.6 is 0 Å². The van der Waals surface area contributed by atoms with Gasteiger partial charge in [-0.25, -0.2) is 0 Å². The predicted octanol–water partition coefficient (Wildman–Crippen LogP) is 2.74. The molecule has 1 aliphatic heterocycles. The molecule has 1 aromatic carbocycles. The van der Waals surface area contributed by atoms with E-state index in [0.29, 0.717) is 24.3 Å². The van der Waals surface area contributed by atoms with Gasteiger partial charge >= 0.3 is 0 Å². The first-order valence-electron chi connectivity index (χ1n) is 9.16. The highest BCUT2D eigenvalue weighted by molar-refractivity contribution is 5.93. The Bertz CT molecular complexity index is 783.